The minimum atomic E-state index is -0.806. The third-order valence-corrected chi connectivity index (χ3v) is 1.65. The molecule has 0 aliphatic rings. The summed E-state index contributed by atoms with van der Waals surface area (Å²) in [5.41, 5.74) is 6.25. The van der Waals surface area contributed by atoms with E-state index in [1.807, 2.05) is 0 Å². The monoisotopic (exact) mass is 172 g/mol. The highest BCUT2D eigenvalue weighted by molar-refractivity contribution is 4.92. The molecule has 0 saturated heterocycles. The molecule has 2 N–H and O–H groups in total. The Morgan fingerprint density at radius 1 is 1.75 bits per heavy atom. The van der Waals surface area contributed by atoms with Gasteiger partial charge in [-0.2, -0.15) is 0 Å². The summed E-state index contributed by atoms with van der Waals surface area (Å²) >= 11 is 0. The normalized spacial score (nSPS) is 13.2. The maximum absolute atomic E-state index is 12.4. The zero-order chi connectivity index (χ0) is 8.97. The molecule has 1 atom stereocenters. The summed E-state index contributed by atoms with van der Waals surface area (Å²) in [4.78, 5) is 0. The van der Waals surface area contributed by atoms with Crippen molar-refractivity contribution in [1.82, 2.24) is 15.0 Å². The number of hydrogen-bond acceptors (Lipinski definition) is 3. The Balaban J connectivity index is 2.50. The van der Waals surface area contributed by atoms with Gasteiger partial charge < -0.3 is 5.73 Å². The van der Waals surface area contributed by atoms with Crippen LogP contribution in [0.2, 0.25) is 0 Å². The van der Waals surface area contributed by atoms with E-state index in [2.05, 4.69) is 10.3 Å². The fraction of sp³-hybridized carbons (Fsp3) is 0.714. The minimum absolute atomic E-state index is 0.396. The summed E-state index contributed by atoms with van der Waals surface area (Å²) in [5, 5.41) is 7.46. The lowest BCUT2D eigenvalue weighted by Gasteiger charge is -2.04. The number of halogens is 1. The molecule has 0 amide bonds. The lowest BCUT2D eigenvalue weighted by molar-refractivity contribution is 0.317. The van der Waals surface area contributed by atoms with Crippen LogP contribution in [0.3, 0.4) is 0 Å². The second-order valence-corrected chi connectivity index (χ2v) is 2.72. The molecule has 68 valence electrons. The van der Waals surface area contributed by atoms with Gasteiger partial charge in [-0.15, -0.1) is 5.10 Å². The number of rotatable bonds is 4. The SMILES string of the molecule is CC(F)CCn1nncc1CN. The highest BCUT2D eigenvalue weighted by Gasteiger charge is 2.03. The lowest BCUT2D eigenvalue weighted by Crippen LogP contribution is -2.11. The van der Waals surface area contributed by atoms with E-state index in [4.69, 9.17) is 5.73 Å². The van der Waals surface area contributed by atoms with Crippen molar-refractivity contribution >= 4 is 0 Å². The van der Waals surface area contributed by atoms with E-state index in [1.165, 1.54) is 6.92 Å². The van der Waals surface area contributed by atoms with E-state index in [-0.39, 0.29) is 0 Å². The van der Waals surface area contributed by atoms with E-state index in [0.29, 0.717) is 19.5 Å². The molecular formula is C7H13FN4. The first-order valence-electron chi connectivity index (χ1n) is 3.95. The Kier molecular flexibility index (Phi) is 3.16. The maximum Gasteiger partial charge on any atom is 0.0991 e. The van der Waals surface area contributed by atoms with Crippen LogP contribution in [0.4, 0.5) is 4.39 Å². The van der Waals surface area contributed by atoms with Crippen molar-refractivity contribution < 1.29 is 4.39 Å². The summed E-state index contributed by atoms with van der Waals surface area (Å²) in [6.07, 6.45) is 1.25. The smallest absolute Gasteiger partial charge is 0.0991 e. The van der Waals surface area contributed by atoms with Crippen LogP contribution in [0.15, 0.2) is 6.20 Å². The van der Waals surface area contributed by atoms with Gasteiger partial charge in [-0.25, -0.2) is 9.07 Å². The predicted molar refractivity (Wildman–Crippen MR) is 43.1 cm³/mol. The van der Waals surface area contributed by atoms with E-state index in [0.717, 1.165) is 5.69 Å². The quantitative estimate of drug-likeness (QED) is 0.718. The van der Waals surface area contributed by atoms with Crippen molar-refractivity contribution in [3.8, 4) is 0 Å². The van der Waals surface area contributed by atoms with E-state index < -0.39 is 6.17 Å². The van der Waals surface area contributed by atoms with Crippen LogP contribution >= 0.6 is 0 Å². The lowest BCUT2D eigenvalue weighted by atomic mass is 10.3. The molecule has 0 spiro atoms. The molecule has 0 aliphatic heterocycles. The highest BCUT2D eigenvalue weighted by atomic mass is 19.1. The summed E-state index contributed by atoms with van der Waals surface area (Å²) < 4.78 is 14.1. The average Bonchev–Trinajstić information content (AvgIpc) is 2.47. The van der Waals surface area contributed by atoms with Gasteiger partial charge >= 0.3 is 0 Å². The third kappa shape index (κ3) is 2.27. The number of nitrogens with zero attached hydrogens (tertiary/aromatic N) is 3. The fourth-order valence-electron chi connectivity index (χ4n) is 0.925. The van der Waals surface area contributed by atoms with Gasteiger partial charge in [0.05, 0.1) is 18.1 Å². The molecule has 4 nitrogen and oxygen atoms in total. The molecule has 0 aliphatic carbocycles. The zero-order valence-corrected chi connectivity index (χ0v) is 7.07. The number of alkyl halides is 1. The predicted octanol–water partition coefficient (Wildman–Crippen LogP) is 0.485. The largest absolute Gasteiger partial charge is 0.325 e. The molecule has 0 radical (unpaired) electrons. The molecule has 0 fully saturated rings. The Morgan fingerprint density at radius 3 is 3.08 bits per heavy atom. The maximum atomic E-state index is 12.4. The third-order valence-electron chi connectivity index (χ3n) is 1.65. The molecule has 1 rings (SSSR count). The minimum Gasteiger partial charge on any atom is -0.325 e. The molecule has 5 heteroatoms. The molecule has 1 aromatic heterocycles. The van der Waals surface area contributed by atoms with E-state index >= 15 is 0 Å². The molecule has 1 aromatic rings. The Morgan fingerprint density at radius 2 is 2.50 bits per heavy atom. The van der Waals surface area contributed by atoms with Crippen LogP contribution in [0.25, 0.3) is 0 Å². The van der Waals surface area contributed by atoms with E-state index in [1.54, 1.807) is 10.9 Å². The molecule has 0 aromatic carbocycles. The standard InChI is InChI=1S/C7H13FN4/c1-6(8)2-3-12-7(4-9)5-10-11-12/h5-6H,2-4,9H2,1H3. The second kappa shape index (κ2) is 4.15. The Labute approximate surface area is 70.6 Å². The number of hydrogen-bond donors (Lipinski definition) is 1. The van der Waals surface area contributed by atoms with Gasteiger partial charge in [0.1, 0.15) is 0 Å². The topological polar surface area (TPSA) is 56.7 Å². The van der Waals surface area contributed by atoms with Crippen LogP contribution in [0.5, 0.6) is 0 Å². The van der Waals surface area contributed by atoms with Crippen molar-refractivity contribution in [2.75, 3.05) is 0 Å². The summed E-state index contributed by atoms with van der Waals surface area (Å²) in [5.74, 6) is 0. The highest BCUT2D eigenvalue weighted by Crippen LogP contribution is 2.01. The summed E-state index contributed by atoms with van der Waals surface area (Å²) in [6.45, 7) is 2.47. The molecule has 0 bridgehead atoms. The van der Waals surface area contributed by atoms with Crippen molar-refractivity contribution in [1.29, 1.82) is 0 Å². The van der Waals surface area contributed by atoms with Crippen LogP contribution in [0, 0.1) is 0 Å². The van der Waals surface area contributed by atoms with Gasteiger partial charge in [-0.1, -0.05) is 5.21 Å². The first kappa shape index (κ1) is 9.12. The Bertz CT molecular complexity index is 233. The van der Waals surface area contributed by atoms with E-state index in [9.17, 15) is 4.39 Å². The molecule has 12 heavy (non-hydrogen) atoms. The van der Waals surface area contributed by atoms with Crippen molar-refractivity contribution in [3.63, 3.8) is 0 Å². The second-order valence-electron chi connectivity index (χ2n) is 2.72. The van der Waals surface area contributed by atoms with Crippen LogP contribution in [0.1, 0.15) is 19.0 Å². The van der Waals surface area contributed by atoms with Crippen LogP contribution < -0.4 is 5.73 Å². The first-order valence-corrected chi connectivity index (χ1v) is 3.95. The Hall–Kier alpha value is -0.970. The molecule has 1 heterocycles. The van der Waals surface area contributed by atoms with Gasteiger partial charge in [0.25, 0.3) is 0 Å². The van der Waals surface area contributed by atoms with Crippen LogP contribution in [-0.4, -0.2) is 21.2 Å². The van der Waals surface area contributed by atoms with Crippen molar-refractivity contribution in [2.45, 2.75) is 32.6 Å². The zero-order valence-electron chi connectivity index (χ0n) is 7.07. The van der Waals surface area contributed by atoms with Gasteiger partial charge in [0.2, 0.25) is 0 Å². The van der Waals surface area contributed by atoms with Gasteiger partial charge in [0, 0.05) is 13.1 Å². The fourth-order valence-corrected chi connectivity index (χ4v) is 0.925. The first-order chi connectivity index (χ1) is 5.74. The summed E-state index contributed by atoms with van der Waals surface area (Å²) in [7, 11) is 0. The average molecular weight is 172 g/mol. The molecule has 1 unspecified atom stereocenters. The van der Waals surface area contributed by atoms with Crippen molar-refractivity contribution in [3.05, 3.63) is 11.9 Å². The molecular weight excluding hydrogens is 159 g/mol. The number of aryl methyl sites for hydroxylation is 1. The van der Waals surface area contributed by atoms with Gasteiger partial charge in [-0.05, 0) is 13.3 Å². The van der Waals surface area contributed by atoms with Crippen LogP contribution in [-0.2, 0) is 13.1 Å². The number of aromatic nitrogens is 3. The summed E-state index contributed by atoms with van der Waals surface area (Å²) in [6, 6.07) is 0. The van der Waals surface area contributed by atoms with Crippen molar-refractivity contribution in [2.24, 2.45) is 5.73 Å². The molecule has 0 saturated carbocycles. The number of nitrogens with two attached hydrogens (primary N) is 1. The van der Waals surface area contributed by atoms with Gasteiger partial charge in [0.15, 0.2) is 0 Å². The van der Waals surface area contributed by atoms with Gasteiger partial charge in [-0.3, -0.25) is 0 Å².